The molecular formula is C22H29FN4O2. The van der Waals surface area contributed by atoms with Crippen molar-refractivity contribution in [2.75, 3.05) is 32.8 Å². The second-order valence-electron chi connectivity index (χ2n) is 8.19. The predicted molar refractivity (Wildman–Crippen MR) is 109 cm³/mol. The number of halogens is 1. The Bertz CT molecular complexity index is 856. The summed E-state index contributed by atoms with van der Waals surface area (Å²) in [4.78, 5) is 15.4. The van der Waals surface area contributed by atoms with E-state index in [4.69, 9.17) is 4.74 Å². The van der Waals surface area contributed by atoms with Gasteiger partial charge in [0.05, 0.1) is 18.9 Å². The molecule has 1 unspecified atom stereocenters. The molecule has 1 aromatic carbocycles. The minimum atomic E-state index is -0.279. The molecule has 29 heavy (non-hydrogen) atoms. The number of nitrogens with zero attached hydrogens (tertiary/aromatic N) is 3. The van der Waals surface area contributed by atoms with E-state index in [1.165, 1.54) is 12.1 Å². The monoisotopic (exact) mass is 400 g/mol. The molecule has 1 aliphatic carbocycles. The molecule has 1 amide bonds. The van der Waals surface area contributed by atoms with E-state index in [1.54, 1.807) is 16.8 Å². The van der Waals surface area contributed by atoms with Crippen LogP contribution in [-0.2, 0) is 17.6 Å². The maximum atomic E-state index is 13.3. The van der Waals surface area contributed by atoms with Gasteiger partial charge in [0.25, 0.3) is 5.91 Å². The van der Waals surface area contributed by atoms with Gasteiger partial charge in [0.1, 0.15) is 5.82 Å². The Balaban J connectivity index is 1.51. The number of amides is 1. The van der Waals surface area contributed by atoms with Gasteiger partial charge in [-0.25, -0.2) is 9.07 Å². The summed E-state index contributed by atoms with van der Waals surface area (Å²) >= 11 is 0. The Morgan fingerprint density at radius 1 is 1.21 bits per heavy atom. The van der Waals surface area contributed by atoms with E-state index in [9.17, 15) is 9.18 Å². The lowest BCUT2D eigenvalue weighted by atomic mass is 10.0. The number of morpholine rings is 1. The molecule has 2 heterocycles. The molecule has 7 heteroatoms. The largest absolute Gasteiger partial charge is 0.379 e. The van der Waals surface area contributed by atoms with Gasteiger partial charge in [-0.15, -0.1) is 0 Å². The van der Waals surface area contributed by atoms with Gasteiger partial charge in [0.2, 0.25) is 0 Å². The normalized spacial score (nSPS) is 18.1. The summed E-state index contributed by atoms with van der Waals surface area (Å²) in [5.74, 6) is 0.0252. The van der Waals surface area contributed by atoms with E-state index in [0.717, 1.165) is 62.5 Å². The van der Waals surface area contributed by atoms with Crippen molar-refractivity contribution >= 4 is 5.91 Å². The number of nitrogens with one attached hydrogen (secondary N) is 1. The predicted octanol–water partition coefficient (Wildman–Crippen LogP) is 2.59. The average molecular weight is 400 g/mol. The van der Waals surface area contributed by atoms with Crippen molar-refractivity contribution in [3.8, 4) is 5.69 Å². The van der Waals surface area contributed by atoms with E-state index in [1.807, 2.05) is 0 Å². The van der Waals surface area contributed by atoms with Gasteiger partial charge in [-0.05, 0) is 49.4 Å². The first-order valence-corrected chi connectivity index (χ1v) is 10.5. The molecule has 0 spiro atoms. The van der Waals surface area contributed by atoms with Gasteiger partial charge in [0.15, 0.2) is 5.69 Å². The fourth-order valence-corrected chi connectivity index (χ4v) is 4.39. The molecule has 1 atom stereocenters. The molecule has 2 aromatic rings. The first-order valence-electron chi connectivity index (χ1n) is 10.5. The van der Waals surface area contributed by atoms with Crippen LogP contribution >= 0.6 is 0 Å². The molecule has 2 aliphatic rings. The van der Waals surface area contributed by atoms with Crippen LogP contribution in [0.15, 0.2) is 24.3 Å². The first kappa shape index (κ1) is 20.0. The summed E-state index contributed by atoms with van der Waals surface area (Å²) in [6.07, 6.45) is 2.75. The van der Waals surface area contributed by atoms with E-state index in [0.29, 0.717) is 18.2 Å². The lowest BCUT2D eigenvalue weighted by Crippen LogP contribution is -2.51. The minimum absolute atomic E-state index is 0.122. The number of rotatable bonds is 6. The summed E-state index contributed by atoms with van der Waals surface area (Å²) < 4.78 is 20.6. The molecule has 1 aliphatic heterocycles. The Morgan fingerprint density at radius 2 is 1.93 bits per heavy atom. The molecule has 4 rings (SSSR count). The number of hydrogen-bond acceptors (Lipinski definition) is 4. The van der Waals surface area contributed by atoms with Gasteiger partial charge in [0, 0.05) is 36.9 Å². The third-order valence-electron chi connectivity index (χ3n) is 5.97. The SMILES string of the molecule is CC(C)C(CNC(=O)c1nn(-c2ccc(F)cc2)c2c1CCC2)N1CCOCC1. The van der Waals surface area contributed by atoms with Crippen LogP contribution in [0.4, 0.5) is 4.39 Å². The molecule has 1 aromatic heterocycles. The fraction of sp³-hybridized carbons (Fsp3) is 0.545. The number of aromatic nitrogens is 2. The van der Waals surface area contributed by atoms with Gasteiger partial charge in [-0.2, -0.15) is 5.10 Å². The van der Waals surface area contributed by atoms with E-state index in [-0.39, 0.29) is 17.8 Å². The summed E-state index contributed by atoms with van der Waals surface area (Å²) in [5.41, 5.74) is 3.39. The number of carbonyl (C=O) groups is 1. The second kappa shape index (κ2) is 8.63. The van der Waals surface area contributed by atoms with Crippen molar-refractivity contribution in [2.24, 2.45) is 5.92 Å². The first-order chi connectivity index (χ1) is 14.0. The second-order valence-corrected chi connectivity index (χ2v) is 8.19. The fourth-order valence-electron chi connectivity index (χ4n) is 4.39. The molecule has 1 saturated heterocycles. The zero-order valence-electron chi connectivity index (χ0n) is 17.2. The molecular weight excluding hydrogens is 371 g/mol. The van der Waals surface area contributed by atoms with Crippen molar-refractivity contribution in [2.45, 2.75) is 39.2 Å². The quantitative estimate of drug-likeness (QED) is 0.810. The van der Waals surface area contributed by atoms with Crippen LogP contribution in [0.3, 0.4) is 0 Å². The molecule has 6 nitrogen and oxygen atoms in total. The maximum Gasteiger partial charge on any atom is 0.272 e. The van der Waals surface area contributed by atoms with Crippen molar-refractivity contribution in [3.63, 3.8) is 0 Å². The minimum Gasteiger partial charge on any atom is -0.379 e. The summed E-state index contributed by atoms with van der Waals surface area (Å²) in [6.45, 7) is 8.25. The number of benzene rings is 1. The highest BCUT2D eigenvalue weighted by molar-refractivity contribution is 5.94. The van der Waals surface area contributed by atoms with Crippen molar-refractivity contribution in [3.05, 3.63) is 47.0 Å². The Hall–Kier alpha value is -2.25. The van der Waals surface area contributed by atoms with Crippen molar-refractivity contribution in [1.82, 2.24) is 20.0 Å². The third kappa shape index (κ3) is 4.21. The van der Waals surface area contributed by atoms with Crippen molar-refractivity contribution in [1.29, 1.82) is 0 Å². The highest BCUT2D eigenvalue weighted by Gasteiger charge is 2.29. The molecule has 156 valence electrons. The Labute approximate surface area is 171 Å². The highest BCUT2D eigenvalue weighted by Crippen LogP contribution is 2.28. The summed E-state index contributed by atoms with van der Waals surface area (Å²) in [5, 5.41) is 7.74. The molecule has 0 bridgehead atoms. The zero-order chi connectivity index (χ0) is 20.4. The topological polar surface area (TPSA) is 59.4 Å². The summed E-state index contributed by atoms with van der Waals surface area (Å²) in [7, 11) is 0. The average Bonchev–Trinajstić information content (AvgIpc) is 3.32. The Morgan fingerprint density at radius 3 is 2.62 bits per heavy atom. The van der Waals surface area contributed by atoms with E-state index in [2.05, 4.69) is 29.2 Å². The zero-order valence-corrected chi connectivity index (χ0v) is 17.2. The number of fused-ring (bicyclic) bond motifs is 1. The molecule has 0 saturated carbocycles. The van der Waals surface area contributed by atoms with E-state index < -0.39 is 0 Å². The van der Waals surface area contributed by atoms with Crippen LogP contribution in [0.2, 0.25) is 0 Å². The van der Waals surface area contributed by atoms with Gasteiger partial charge >= 0.3 is 0 Å². The number of hydrogen-bond donors (Lipinski definition) is 1. The maximum absolute atomic E-state index is 13.3. The summed E-state index contributed by atoms with van der Waals surface area (Å²) in [6, 6.07) is 6.53. The smallest absolute Gasteiger partial charge is 0.272 e. The van der Waals surface area contributed by atoms with Crippen LogP contribution < -0.4 is 5.32 Å². The van der Waals surface area contributed by atoms with Gasteiger partial charge in [-0.3, -0.25) is 9.69 Å². The lowest BCUT2D eigenvalue weighted by molar-refractivity contribution is 0.00671. The van der Waals surface area contributed by atoms with E-state index >= 15 is 0 Å². The van der Waals surface area contributed by atoms with Crippen LogP contribution in [0, 0.1) is 11.7 Å². The van der Waals surface area contributed by atoms with Crippen LogP contribution in [0.25, 0.3) is 5.69 Å². The van der Waals surface area contributed by atoms with Gasteiger partial charge in [-0.1, -0.05) is 13.8 Å². The Kier molecular flexibility index (Phi) is 5.96. The van der Waals surface area contributed by atoms with Gasteiger partial charge < -0.3 is 10.1 Å². The highest BCUT2D eigenvalue weighted by atomic mass is 19.1. The molecule has 1 fully saturated rings. The number of ether oxygens (including phenoxy) is 1. The van der Waals surface area contributed by atoms with Crippen molar-refractivity contribution < 1.29 is 13.9 Å². The van der Waals surface area contributed by atoms with Crippen LogP contribution in [0.5, 0.6) is 0 Å². The lowest BCUT2D eigenvalue weighted by Gasteiger charge is -2.36. The molecule has 0 radical (unpaired) electrons. The van der Waals surface area contributed by atoms with Crippen LogP contribution in [0.1, 0.15) is 42.0 Å². The molecule has 1 N–H and O–H groups in total. The van der Waals surface area contributed by atoms with Crippen LogP contribution in [-0.4, -0.2) is 59.5 Å². The third-order valence-corrected chi connectivity index (χ3v) is 5.97. The number of carbonyl (C=O) groups excluding carboxylic acids is 1. The standard InChI is InChI=1S/C22H29FN4O2/c1-15(2)20(26-10-12-29-13-11-26)14-24-22(28)21-18-4-3-5-19(18)27(25-21)17-8-6-16(23)7-9-17/h6-9,15,20H,3-5,10-14H2,1-2H3,(H,24,28).